The van der Waals surface area contributed by atoms with Gasteiger partial charge in [-0.1, -0.05) is 0 Å². The molecule has 3 heterocycles. The summed E-state index contributed by atoms with van der Waals surface area (Å²) in [6, 6.07) is 3.55. The van der Waals surface area contributed by atoms with Crippen LogP contribution < -0.4 is 5.73 Å². The Balaban J connectivity index is 2.04. The van der Waals surface area contributed by atoms with Crippen molar-refractivity contribution >= 4 is 5.82 Å². The molecule has 7 nitrogen and oxygen atoms in total. The van der Waals surface area contributed by atoms with Crippen LogP contribution in [0.1, 0.15) is 0 Å². The standard InChI is InChI=1S/C10H8N6O/c11-8-7(12-3-4-13-8)10-14-9(15-16-10)6-2-1-5-17-6/h1-5H,(H2,11,13)(H,14,15,16). The van der Waals surface area contributed by atoms with E-state index in [9.17, 15) is 0 Å². The molecule has 3 aromatic rings. The molecule has 0 saturated carbocycles. The third kappa shape index (κ3) is 1.63. The van der Waals surface area contributed by atoms with Crippen LogP contribution in [0.3, 0.4) is 0 Å². The number of hydrogen-bond acceptors (Lipinski definition) is 6. The molecular weight excluding hydrogens is 220 g/mol. The van der Waals surface area contributed by atoms with Gasteiger partial charge in [0.05, 0.1) is 6.26 Å². The molecule has 3 aromatic heterocycles. The average molecular weight is 228 g/mol. The zero-order chi connectivity index (χ0) is 11.7. The maximum Gasteiger partial charge on any atom is 0.204 e. The van der Waals surface area contributed by atoms with E-state index in [1.165, 1.54) is 12.4 Å². The van der Waals surface area contributed by atoms with E-state index in [1.54, 1.807) is 18.4 Å². The Kier molecular flexibility index (Phi) is 2.08. The van der Waals surface area contributed by atoms with E-state index in [-0.39, 0.29) is 5.82 Å². The van der Waals surface area contributed by atoms with Crippen LogP contribution in [0.15, 0.2) is 35.2 Å². The topological polar surface area (TPSA) is 107 Å². The minimum Gasteiger partial charge on any atom is -0.461 e. The van der Waals surface area contributed by atoms with Crippen molar-refractivity contribution in [3.8, 4) is 23.1 Å². The number of anilines is 1. The predicted octanol–water partition coefficient (Wildman–Crippen LogP) is 1.10. The van der Waals surface area contributed by atoms with Crippen molar-refractivity contribution in [2.24, 2.45) is 0 Å². The molecule has 0 aromatic carbocycles. The van der Waals surface area contributed by atoms with Crippen LogP contribution in [-0.4, -0.2) is 25.1 Å². The Hall–Kier alpha value is -2.70. The minimum atomic E-state index is 0.289. The highest BCUT2D eigenvalue weighted by atomic mass is 16.3. The summed E-state index contributed by atoms with van der Waals surface area (Å²) in [4.78, 5) is 12.2. The fraction of sp³-hybridized carbons (Fsp3) is 0. The molecule has 7 heteroatoms. The lowest BCUT2D eigenvalue weighted by Gasteiger charge is -1.96. The number of nitrogens with zero attached hydrogens (tertiary/aromatic N) is 4. The number of furan rings is 1. The Labute approximate surface area is 95.7 Å². The second kappa shape index (κ2) is 3.71. The molecule has 3 rings (SSSR count). The maximum absolute atomic E-state index is 5.69. The highest BCUT2D eigenvalue weighted by Crippen LogP contribution is 2.20. The highest BCUT2D eigenvalue weighted by molar-refractivity contribution is 5.64. The smallest absolute Gasteiger partial charge is 0.204 e. The van der Waals surface area contributed by atoms with Gasteiger partial charge in [0.15, 0.2) is 23.1 Å². The summed E-state index contributed by atoms with van der Waals surface area (Å²) < 4.78 is 5.20. The Morgan fingerprint density at radius 3 is 2.88 bits per heavy atom. The quantitative estimate of drug-likeness (QED) is 0.680. The Morgan fingerprint density at radius 2 is 2.12 bits per heavy atom. The van der Waals surface area contributed by atoms with Gasteiger partial charge in [0.25, 0.3) is 0 Å². The summed E-state index contributed by atoms with van der Waals surface area (Å²) >= 11 is 0. The number of nitrogens with one attached hydrogen (secondary N) is 1. The van der Waals surface area contributed by atoms with Gasteiger partial charge < -0.3 is 10.2 Å². The van der Waals surface area contributed by atoms with Crippen molar-refractivity contribution < 1.29 is 4.42 Å². The first-order valence-electron chi connectivity index (χ1n) is 4.88. The van der Waals surface area contributed by atoms with Gasteiger partial charge >= 0.3 is 0 Å². The molecule has 0 unspecified atom stereocenters. The monoisotopic (exact) mass is 228 g/mol. The Bertz CT molecular complexity index is 630. The van der Waals surface area contributed by atoms with Gasteiger partial charge in [-0.15, -0.1) is 0 Å². The summed E-state index contributed by atoms with van der Waals surface area (Å²) in [7, 11) is 0. The number of aromatic amines is 1. The number of nitrogen functional groups attached to an aromatic ring is 1. The zero-order valence-electron chi connectivity index (χ0n) is 8.66. The van der Waals surface area contributed by atoms with Crippen LogP contribution in [0.5, 0.6) is 0 Å². The van der Waals surface area contributed by atoms with E-state index >= 15 is 0 Å². The molecule has 0 amide bonds. The number of nitrogens with two attached hydrogens (primary N) is 1. The van der Waals surface area contributed by atoms with Gasteiger partial charge in [-0.2, -0.15) is 5.10 Å². The summed E-state index contributed by atoms with van der Waals surface area (Å²) in [5.41, 5.74) is 6.14. The third-order valence-corrected chi connectivity index (χ3v) is 2.18. The lowest BCUT2D eigenvalue weighted by molar-refractivity contribution is 0.577. The second-order valence-corrected chi connectivity index (χ2v) is 3.28. The van der Waals surface area contributed by atoms with E-state index < -0.39 is 0 Å². The molecule has 84 valence electrons. The lowest BCUT2D eigenvalue weighted by Crippen LogP contribution is -1.97. The van der Waals surface area contributed by atoms with Crippen LogP contribution in [-0.2, 0) is 0 Å². The first kappa shape index (κ1) is 9.52. The van der Waals surface area contributed by atoms with Gasteiger partial charge in [0.2, 0.25) is 5.82 Å². The van der Waals surface area contributed by atoms with Crippen molar-refractivity contribution in [1.29, 1.82) is 0 Å². The van der Waals surface area contributed by atoms with E-state index in [0.717, 1.165) is 0 Å². The molecule has 3 N–H and O–H groups in total. The average Bonchev–Trinajstić information content (AvgIpc) is 3.00. The van der Waals surface area contributed by atoms with Crippen molar-refractivity contribution in [3.05, 3.63) is 30.8 Å². The molecule has 0 saturated heterocycles. The van der Waals surface area contributed by atoms with E-state index in [2.05, 4.69) is 25.1 Å². The summed E-state index contributed by atoms with van der Waals surface area (Å²) in [6.45, 7) is 0. The first-order valence-corrected chi connectivity index (χ1v) is 4.88. The number of H-pyrrole nitrogens is 1. The largest absolute Gasteiger partial charge is 0.461 e. The van der Waals surface area contributed by atoms with Gasteiger partial charge in [0, 0.05) is 12.4 Å². The fourth-order valence-corrected chi connectivity index (χ4v) is 1.41. The molecule has 0 atom stereocenters. The lowest BCUT2D eigenvalue weighted by atomic mass is 10.4. The van der Waals surface area contributed by atoms with Crippen molar-refractivity contribution in [1.82, 2.24) is 25.1 Å². The van der Waals surface area contributed by atoms with Crippen molar-refractivity contribution in [2.75, 3.05) is 5.73 Å². The number of hydrogen-bond donors (Lipinski definition) is 2. The molecular formula is C10H8N6O. The minimum absolute atomic E-state index is 0.289. The van der Waals surface area contributed by atoms with Gasteiger partial charge in [-0.3, -0.25) is 5.10 Å². The van der Waals surface area contributed by atoms with E-state index in [0.29, 0.717) is 23.1 Å². The normalized spacial score (nSPS) is 10.6. The second-order valence-electron chi connectivity index (χ2n) is 3.28. The highest BCUT2D eigenvalue weighted by Gasteiger charge is 2.13. The van der Waals surface area contributed by atoms with Crippen LogP contribution in [0.25, 0.3) is 23.1 Å². The molecule has 0 aliphatic heterocycles. The molecule has 0 fully saturated rings. The van der Waals surface area contributed by atoms with Gasteiger partial charge in [0.1, 0.15) is 0 Å². The van der Waals surface area contributed by atoms with Crippen LogP contribution >= 0.6 is 0 Å². The summed E-state index contributed by atoms with van der Waals surface area (Å²) in [5, 5.41) is 6.78. The van der Waals surface area contributed by atoms with Crippen molar-refractivity contribution in [2.45, 2.75) is 0 Å². The molecule has 0 aliphatic carbocycles. The van der Waals surface area contributed by atoms with Crippen LogP contribution in [0, 0.1) is 0 Å². The molecule has 0 radical (unpaired) electrons. The van der Waals surface area contributed by atoms with Gasteiger partial charge in [-0.25, -0.2) is 15.0 Å². The zero-order valence-corrected chi connectivity index (χ0v) is 8.66. The first-order chi connectivity index (χ1) is 8.34. The SMILES string of the molecule is Nc1nccnc1-c1n[nH]c(-c2ccco2)n1. The van der Waals surface area contributed by atoms with Crippen LogP contribution in [0.2, 0.25) is 0 Å². The fourth-order valence-electron chi connectivity index (χ4n) is 1.41. The number of aromatic nitrogens is 5. The molecule has 0 spiro atoms. The van der Waals surface area contributed by atoms with E-state index in [1.807, 2.05) is 0 Å². The maximum atomic E-state index is 5.69. The van der Waals surface area contributed by atoms with E-state index in [4.69, 9.17) is 10.2 Å². The predicted molar refractivity (Wildman–Crippen MR) is 59.5 cm³/mol. The molecule has 0 bridgehead atoms. The van der Waals surface area contributed by atoms with Gasteiger partial charge in [-0.05, 0) is 12.1 Å². The number of rotatable bonds is 2. The third-order valence-electron chi connectivity index (χ3n) is 2.18. The summed E-state index contributed by atoms with van der Waals surface area (Å²) in [5.74, 6) is 1.81. The van der Waals surface area contributed by atoms with Crippen LogP contribution in [0.4, 0.5) is 5.82 Å². The Morgan fingerprint density at radius 1 is 1.24 bits per heavy atom. The molecule has 0 aliphatic rings. The molecule has 17 heavy (non-hydrogen) atoms. The summed E-state index contributed by atoms with van der Waals surface area (Å²) in [6.07, 6.45) is 4.61. The van der Waals surface area contributed by atoms with Crippen molar-refractivity contribution in [3.63, 3.8) is 0 Å².